The van der Waals surface area contributed by atoms with Crippen molar-refractivity contribution in [1.29, 1.82) is 0 Å². The molecule has 0 aromatic heterocycles. The van der Waals surface area contributed by atoms with Gasteiger partial charge < -0.3 is 9.64 Å². The standard InChI is InChI=1S/C20H23ClN2O4S/c1-14-9-11-23(12-10-14)20(24)16-13-15(7-8-19(16)27-2)28(25,26)22-18-6-4-3-5-17(18)21/h3-8,13-14,22H,9-12H2,1-2H3. The Balaban J connectivity index is 1.92. The fourth-order valence-corrected chi connectivity index (χ4v) is 4.50. The predicted molar refractivity (Wildman–Crippen MR) is 110 cm³/mol. The summed E-state index contributed by atoms with van der Waals surface area (Å²) in [7, 11) is -2.46. The second kappa shape index (κ2) is 8.41. The third-order valence-electron chi connectivity index (χ3n) is 4.90. The van der Waals surface area contributed by atoms with Gasteiger partial charge in [0.25, 0.3) is 15.9 Å². The van der Waals surface area contributed by atoms with E-state index in [4.69, 9.17) is 16.3 Å². The van der Waals surface area contributed by atoms with Gasteiger partial charge >= 0.3 is 0 Å². The maximum absolute atomic E-state index is 13.0. The number of sulfonamides is 1. The molecule has 0 saturated carbocycles. The van der Waals surface area contributed by atoms with Crippen LogP contribution in [0.3, 0.4) is 0 Å². The average molecular weight is 423 g/mol. The van der Waals surface area contributed by atoms with Gasteiger partial charge in [0, 0.05) is 13.1 Å². The Morgan fingerprint density at radius 1 is 1.18 bits per heavy atom. The van der Waals surface area contributed by atoms with Crippen molar-refractivity contribution in [2.75, 3.05) is 24.9 Å². The molecule has 6 nitrogen and oxygen atoms in total. The molecule has 2 aromatic rings. The summed E-state index contributed by atoms with van der Waals surface area (Å²) in [6, 6.07) is 10.8. The smallest absolute Gasteiger partial charge is 0.261 e. The lowest BCUT2D eigenvalue weighted by molar-refractivity contribution is 0.0693. The Morgan fingerprint density at radius 3 is 2.50 bits per heavy atom. The molecule has 1 amide bonds. The topological polar surface area (TPSA) is 75.7 Å². The van der Waals surface area contributed by atoms with Crippen molar-refractivity contribution < 1.29 is 17.9 Å². The molecule has 150 valence electrons. The van der Waals surface area contributed by atoms with Crippen LogP contribution in [-0.2, 0) is 10.0 Å². The number of amides is 1. The number of hydrogen-bond acceptors (Lipinski definition) is 4. The highest BCUT2D eigenvalue weighted by atomic mass is 35.5. The monoisotopic (exact) mass is 422 g/mol. The minimum atomic E-state index is -3.92. The Morgan fingerprint density at radius 2 is 1.86 bits per heavy atom. The number of para-hydroxylation sites is 1. The number of anilines is 1. The van der Waals surface area contributed by atoms with Crippen LogP contribution < -0.4 is 9.46 Å². The van der Waals surface area contributed by atoms with Gasteiger partial charge in [-0.05, 0) is 49.1 Å². The quantitative estimate of drug-likeness (QED) is 0.789. The molecule has 1 fully saturated rings. The van der Waals surface area contributed by atoms with Crippen LogP contribution in [0.25, 0.3) is 0 Å². The molecule has 0 spiro atoms. The zero-order chi connectivity index (χ0) is 20.3. The number of nitrogens with zero attached hydrogens (tertiary/aromatic N) is 1. The Kier molecular flexibility index (Phi) is 6.15. The van der Waals surface area contributed by atoms with E-state index in [0.29, 0.717) is 29.8 Å². The first kappa shape index (κ1) is 20.5. The molecule has 1 N–H and O–H groups in total. The van der Waals surface area contributed by atoms with E-state index in [1.807, 2.05) is 0 Å². The summed E-state index contributed by atoms with van der Waals surface area (Å²) >= 11 is 6.05. The van der Waals surface area contributed by atoms with E-state index in [0.717, 1.165) is 12.8 Å². The zero-order valence-electron chi connectivity index (χ0n) is 15.8. The minimum Gasteiger partial charge on any atom is -0.496 e. The third kappa shape index (κ3) is 4.42. The van der Waals surface area contributed by atoms with Gasteiger partial charge in [0.1, 0.15) is 5.75 Å². The van der Waals surface area contributed by atoms with Crippen LogP contribution in [-0.4, -0.2) is 39.4 Å². The molecule has 8 heteroatoms. The highest BCUT2D eigenvalue weighted by molar-refractivity contribution is 7.92. The first-order valence-corrected chi connectivity index (χ1v) is 10.9. The van der Waals surface area contributed by atoms with Crippen molar-refractivity contribution in [2.45, 2.75) is 24.7 Å². The summed E-state index contributed by atoms with van der Waals surface area (Å²) in [4.78, 5) is 14.7. The van der Waals surface area contributed by atoms with E-state index >= 15 is 0 Å². The maximum Gasteiger partial charge on any atom is 0.261 e. The highest BCUT2D eigenvalue weighted by Crippen LogP contribution is 2.28. The van der Waals surface area contributed by atoms with Crippen molar-refractivity contribution in [3.8, 4) is 5.75 Å². The van der Waals surface area contributed by atoms with E-state index in [1.54, 1.807) is 29.2 Å². The SMILES string of the molecule is COc1ccc(S(=O)(=O)Nc2ccccc2Cl)cc1C(=O)N1CCC(C)CC1. The van der Waals surface area contributed by atoms with E-state index in [1.165, 1.54) is 25.3 Å². The summed E-state index contributed by atoms with van der Waals surface area (Å²) in [6.07, 6.45) is 1.86. The Hall–Kier alpha value is -2.25. The molecule has 1 saturated heterocycles. The summed E-state index contributed by atoms with van der Waals surface area (Å²) in [6.45, 7) is 3.46. The molecule has 0 atom stereocenters. The first-order valence-electron chi connectivity index (χ1n) is 9.06. The summed E-state index contributed by atoms with van der Waals surface area (Å²) in [5.41, 5.74) is 0.511. The van der Waals surface area contributed by atoms with E-state index in [9.17, 15) is 13.2 Å². The van der Waals surface area contributed by atoms with Crippen LogP contribution in [0.5, 0.6) is 5.75 Å². The molecule has 0 radical (unpaired) electrons. The third-order valence-corrected chi connectivity index (χ3v) is 6.59. The van der Waals surface area contributed by atoms with Gasteiger partial charge in [-0.25, -0.2) is 8.42 Å². The minimum absolute atomic E-state index is 0.0260. The first-order chi connectivity index (χ1) is 13.3. The number of benzene rings is 2. The number of ether oxygens (including phenoxy) is 1. The highest BCUT2D eigenvalue weighted by Gasteiger charge is 2.26. The van der Waals surface area contributed by atoms with Crippen LogP contribution in [0.1, 0.15) is 30.1 Å². The average Bonchev–Trinajstić information content (AvgIpc) is 2.69. The van der Waals surface area contributed by atoms with Crippen LogP contribution in [0.4, 0.5) is 5.69 Å². The van der Waals surface area contributed by atoms with E-state index < -0.39 is 10.0 Å². The molecule has 1 heterocycles. The molecular formula is C20H23ClN2O4S. The van der Waals surface area contributed by atoms with Crippen molar-refractivity contribution in [2.24, 2.45) is 5.92 Å². The molecule has 1 aliphatic heterocycles. The number of rotatable bonds is 5. The second-order valence-electron chi connectivity index (χ2n) is 6.92. The molecule has 28 heavy (non-hydrogen) atoms. The van der Waals surface area contributed by atoms with Crippen LogP contribution in [0, 0.1) is 5.92 Å². The van der Waals surface area contributed by atoms with Crippen molar-refractivity contribution in [1.82, 2.24) is 4.90 Å². The molecule has 0 aliphatic carbocycles. The van der Waals surface area contributed by atoms with Gasteiger partial charge in [-0.2, -0.15) is 0 Å². The van der Waals surface area contributed by atoms with Crippen LogP contribution >= 0.6 is 11.6 Å². The second-order valence-corrected chi connectivity index (χ2v) is 9.01. The lowest BCUT2D eigenvalue weighted by atomic mass is 9.98. The van der Waals surface area contributed by atoms with Gasteiger partial charge in [0.15, 0.2) is 0 Å². The zero-order valence-corrected chi connectivity index (χ0v) is 17.4. The van der Waals surface area contributed by atoms with E-state index in [2.05, 4.69) is 11.6 Å². The Labute approximate surface area is 170 Å². The van der Waals surface area contributed by atoms with Gasteiger partial charge in [-0.1, -0.05) is 30.7 Å². The molecule has 0 bridgehead atoms. The molecular weight excluding hydrogens is 400 g/mol. The lowest BCUT2D eigenvalue weighted by Crippen LogP contribution is -2.38. The summed E-state index contributed by atoms with van der Waals surface area (Å²) in [5.74, 6) is 0.705. The molecule has 1 aliphatic rings. The molecule has 0 unspecified atom stereocenters. The number of methoxy groups -OCH3 is 1. The van der Waals surface area contributed by atoms with E-state index in [-0.39, 0.29) is 22.1 Å². The summed E-state index contributed by atoms with van der Waals surface area (Å²) in [5, 5.41) is 0.290. The van der Waals surface area contributed by atoms with Crippen molar-refractivity contribution >= 4 is 33.2 Å². The summed E-state index contributed by atoms with van der Waals surface area (Å²) < 4.78 is 33.4. The van der Waals surface area contributed by atoms with Gasteiger partial charge in [-0.3, -0.25) is 9.52 Å². The number of hydrogen-bond donors (Lipinski definition) is 1. The number of carbonyl (C=O) groups excluding carboxylic acids is 1. The van der Waals surface area contributed by atoms with Crippen molar-refractivity contribution in [3.63, 3.8) is 0 Å². The molecule has 3 rings (SSSR count). The fraction of sp³-hybridized carbons (Fsp3) is 0.350. The number of piperidine rings is 1. The number of likely N-dealkylation sites (tertiary alicyclic amines) is 1. The predicted octanol–water partition coefficient (Wildman–Crippen LogP) is 4.02. The Bertz CT molecular complexity index is 970. The number of nitrogens with one attached hydrogen (secondary N) is 1. The van der Waals surface area contributed by atoms with Crippen molar-refractivity contribution in [3.05, 3.63) is 53.1 Å². The number of halogens is 1. The maximum atomic E-state index is 13.0. The van der Waals surface area contributed by atoms with Crippen LogP contribution in [0.15, 0.2) is 47.4 Å². The van der Waals surface area contributed by atoms with Gasteiger partial charge in [0.2, 0.25) is 0 Å². The normalized spacial score (nSPS) is 15.3. The molecule has 2 aromatic carbocycles. The number of carbonyl (C=O) groups is 1. The largest absolute Gasteiger partial charge is 0.496 e. The lowest BCUT2D eigenvalue weighted by Gasteiger charge is -2.30. The van der Waals surface area contributed by atoms with Crippen LogP contribution in [0.2, 0.25) is 5.02 Å². The van der Waals surface area contributed by atoms with Gasteiger partial charge in [-0.15, -0.1) is 0 Å². The van der Waals surface area contributed by atoms with Gasteiger partial charge in [0.05, 0.1) is 28.3 Å². The fourth-order valence-electron chi connectivity index (χ4n) is 3.15.